The van der Waals surface area contributed by atoms with Gasteiger partial charge < -0.3 is 24.7 Å². The summed E-state index contributed by atoms with van der Waals surface area (Å²) in [6.45, 7) is 3.54. The molecule has 1 aromatic carbocycles. The molecule has 0 radical (unpaired) electrons. The van der Waals surface area contributed by atoms with Crippen LogP contribution < -0.4 is 0 Å². The van der Waals surface area contributed by atoms with E-state index in [1.807, 2.05) is 0 Å². The molecule has 29 heavy (non-hydrogen) atoms. The van der Waals surface area contributed by atoms with Gasteiger partial charge in [-0.25, -0.2) is 14.0 Å². The molecule has 1 unspecified atom stereocenters. The topological polar surface area (TPSA) is 124 Å². The zero-order valence-corrected chi connectivity index (χ0v) is 15.9. The fourth-order valence-corrected chi connectivity index (χ4v) is 3.83. The van der Waals surface area contributed by atoms with Crippen molar-refractivity contribution in [3.05, 3.63) is 41.4 Å². The lowest BCUT2D eigenvalue weighted by atomic mass is 9.90. The second kappa shape index (κ2) is 8.71. The molecule has 1 aromatic heterocycles. The molecule has 8 nitrogen and oxygen atoms in total. The molecule has 156 valence electrons. The average molecular weight is 406 g/mol. The minimum atomic E-state index is -1.44. The summed E-state index contributed by atoms with van der Waals surface area (Å²) in [5, 5.41) is 33.1. The number of halogens is 1. The number of benzene rings is 1. The molecule has 0 bridgehead atoms. The molecule has 1 aliphatic rings. The third-order valence-corrected chi connectivity index (χ3v) is 5.37. The van der Waals surface area contributed by atoms with Gasteiger partial charge in [-0.2, -0.15) is 0 Å². The molecule has 0 saturated carbocycles. The van der Waals surface area contributed by atoms with Crippen molar-refractivity contribution in [1.29, 1.82) is 0 Å². The van der Waals surface area contributed by atoms with Crippen molar-refractivity contribution in [2.75, 3.05) is 19.6 Å². The highest BCUT2D eigenvalue weighted by molar-refractivity contribution is 5.95. The van der Waals surface area contributed by atoms with Crippen molar-refractivity contribution < 1.29 is 33.8 Å². The number of piperidine rings is 1. The van der Waals surface area contributed by atoms with Gasteiger partial charge in [-0.3, -0.25) is 0 Å². The molecule has 0 aliphatic carbocycles. The van der Waals surface area contributed by atoms with E-state index in [-0.39, 0.29) is 11.7 Å². The summed E-state index contributed by atoms with van der Waals surface area (Å²) in [6.07, 6.45) is 0.737. The molecule has 9 heteroatoms. The van der Waals surface area contributed by atoms with Crippen LogP contribution in [0.15, 0.2) is 34.4 Å². The van der Waals surface area contributed by atoms with Gasteiger partial charge in [0, 0.05) is 30.0 Å². The lowest BCUT2D eigenvalue weighted by molar-refractivity contribution is -0.136. The quantitative estimate of drug-likeness (QED) is 0.598. The Labute approximate surface area is 166 Å². The minimum Gasteiger partial charge on any atom is -0.478 e. The van der Waals surface area contributed by atoms with Crippen LogP contribution >= 0.6 is 0 Å². The van der Waals surface area contributed by atoms with Gasteiger partial charge in [-0.05, 0) is 44.0 Å². The smallest absolute Gasteiger partial charge is 0.334 e. The number of aliphatic hydroxyl groups is 1. The maximum atomic E-state index is 13.3. The van der Waals surface area contributed by atoms with E-state index in [9.17, 15) is 19.1 Å². The zero-order chi connectivity index (χ0) is 21.1. The highest BCUT2D eigenvalue weighted by Gasteiger charge is 2.29. The molecule has 3 rings (SSSR count). The predicted molar refractivity (Wildman–Crippen MR) is 101 cm³/mol. The van der Waals surface area contributed by atoms with Gasteiger partial charge in [0.25, 0.3) is 0 Å². The Kier molecular flexibility index (Phi) is 6.29. The largest absolute Gasteiger partial charge is 0.478 e. The van der Waals surface area contributed by atoms with E-state index in [2.05, 4.69) is 10.1 Å². The van der Waals surface area contributed by atoms with Crippen LogP contribution in [0.3, 0.4) is 0 Å². The number of aromatic nitrogens is 1. The van der Waals surface area contributed by atoms with E-state index in [0.717, 1.165) is 23.9 Å². The van der Waals surface area contributed by atoms with Crippen LogP contribution in [0.1, 0.15) is 31.4 Å². The lowest BCUT2D eigenvalue weighted by Gasteiger charge is -2.34. The molecule has 1 fully saturated rings. The van der Waals surface area contributed by atoms with E-state index in [1.165, 1.54) is 12.1 Å². The molecule has 3 N–H and O–H groups in total. The summed E-state index contributed by atoms with van der Waals surface area (Å²) in [4.78, 5) is 24.1. The van der Waals surface area contributed by atoms with Crippen LogP contribution in [-0.2, 0) is 9.59 Å². The highest BCUT2D eigenvalue weighted by atomic mass is 19.1. The number of carbonyl (C=O) groups is 2. The minimum absolute atomic E-state index is 0.166. The van der Waals surface area contributed by atoms with Crippen LogP contribution in [0.2, 0.25) is 0 Å². The second-order valence-electron chi connectivity index (χ2n) is 7.45. The summed E-state index contributed by atoms with van der Waals surface area (Å²) in [6, 6.07) is 4.37. The Balaban J connectivity index is 1.60. The second-order valence-corrected chi connectivity index (χ2v) is 7.45. The molecule has 2 aromatic rings. The fourth-order valence-electron chi connectivity index (χ4n) is 3.83. The fraction of sp³-hybridized carbons (Fsp3) is 0.450. The summed E-state index contributed by atoms with van der Waals surface area (Å²) < 4.78 is 18.6. The van der Waals surface area contributed by atoms with Crippen molar-refractivity contribution in [3.63, 3.8) is 0 Å². The van der Waals surface area contributed by atoms with Crippen molar-refractivity contribution in [2.45, 2.75) is 31.8 Å². The number of nitrogens with zero attached hydrogens (tertiary/aromatic N) is 2. The SMILES string of the molecule is CC(CN1CCC(c2noc3cc(F)ccc23)CC1)[C@@H](O)C(=CC(=O)O)C(=O)O. The Morgan fingerprint density at radius 1 is 1.34 bits per heavy atom. The molecule has 1 saturated heterocycles. The number of carboxylic acid groups (broad SMARTS) is 2. The third kappa shape index (κ3) is 4.80. The maximum absolute atomic E-state index is 13.3. The number of rotatable bonds is 7. The standard InChI is InChI=1S/C20H23FN2O6/c1-11(19(26)15(20(27)28)9-17(24)25)10-23-6-4-12(5-7-23)18-14-3-2-13(21)8-16(14)29-22-18/h2-3,8-9,11-12,19,26H,4-7,10H2,1H3,(H,24,25)(H,27,28)/t11?,19-/m1/s1. The van der Waals surface area contributed by atoms with Crippen LogP contribution in [0.25, 0.3) is 11.0 Å². The number of aliphatic carboxylic acids is 2. The number of aliphatic hydroxyl groups excluding tert-OH is 1. The van der Waals surface area contributed by atoms with E-state index in [1.54, 1.807) is 13.0 Å². The first-order chi connectivity index (χ1) is 13.8. The molecular weight excluding hydrogens is 383 g/mol. The normalized spacial score (nSPS) is 18.7. The first kappa shape index (κ1) is 20.9. The monoisotopic (exact) mass is 406 g/mol. The number of hydrogen-bond donors (Lipinski definition) is 3. The lowest BCUT2D eigenvalue weighted by Crippen LogP contribution is -2.40. The Bertz CT molecular complexity index is 932. The number of carboxylic acids is 2. The summed E-state index contributed by atoms with van der Waals surface area (Å²) in [5.41, 5.74) is 0.706. The maximum Gasteiger partial charge on any atom is 0.334 e. The van der Waals surface area contributed by atoms with E-state index >= 15 is 0 Å². The number of hydrogen-bond acceptors (Lipinski definition) is 6. The summed E-state index contributed by atoms with van der Waals surface area (Å²) in [5.74, 6) is -3.52. The van der Waals surface area contributed by atoms with Gasteiger partial charge in [-0.15, -0.1) is 0 Å². The third-order valence-electron chi connectivity index (χ3n) is 5.37. The van der Waals surface area contributed by atoms with Gasteiger partial charge in [0.15, 0.2) is 5.58 Å². The van der Waals surface area contributed by atoms with E-state index in [4.69, 9.17) is 14.7 Å². The molecule has 0 amide bonds. The highest BCUT2D eigenvalue weighted by Crippen LogP contribution is 2.33. The molecule has 2 atom stereocenters. The van der Waals surface area contributed by atoms with Crippen LogP contribution in [-0.4, -0.2) is 63.1 Å². The van der Waals surface area contributed by atoms with Gasteiger partial charge >= 0.3 is 11.9 Å². The number of fused-ring (bicyclic) bond motifs is 1. The summed E-state index contributed by atoms with van der Waals surface area (Å²) >= 11 is 0. The van der Waals surface area contributed by atoms with Crippen LogP contribution in [0.5, 0.6) is 0 Å². The van der Waals surface area contributed by atoms with Crippen molar-refractivity contribution in [3.8, 4) is 0 Å². The Morgan fingerprint density at radius 2 is 2.03 bits per heavy atom. The van der Waals surface area contributed by atoms with Gasteiger partial charge in [0.05, 0.1) is 17.4 Å². The van der Waals surface area contributed by atoms with E-state index < -0.39 is 29.5 Å². The van der Waals surface area contributed by atoms with Gasteiger partial charge in [0.1, 0.15) is 5.82 Å². The number of likely N-dealkylation sites (tertiary alicyclic amines) is 1. The summed E-state index contributed by atoms with van der Waals surface area (Å²) in [7, 11) is 0. The Hall–Kier alpha value is -2.78. The first-order valence-electron chi connectivity index (χ1n) is 9.39. The predicted octanol–water partition coefficient (Wildman–Crippen LogP) is 2.24. The van der Waals surface area contributed by atoms with E-state index in [0.29, 0.717) is 31.3 Å². The molecular formula is C20H23FN2O6. The first-order valence-corrected chi connectivity index (χ1v) is 9.39. The Morgan fingerprint density at radius 3 is 2.66 bits per heavy atom. The van der Waals surface area contributed by atoms with Crippen molar-refractivity contribution >= 4 is 22.9 Å². The van der Waals surface area contributed by atoms with Crippen LogP contribution in [0, 0.1) is 11.7 Å². The van der Waals surface area contributed by atoms with Gasteiger partial charge in [-0.1, -0.05) is 12.1 Å². The van der Waals surface area contributed by atoms with Gasteiger partial charge in [0.2, 0.25) is 0 Å². The van der Waals surface area contributed by atoms with Crippen LogP contribution in [0.4, 0.5) is 4.39 Å². The molecule has 0 spiro atoms. The zero-order valence-electron chi connectivity index (χ0n) is 15.9. The van der Waals surface area contributed by atoms with Crippen molar-refractivity contribution in [2.24, 2.45) is 5.92 Å². The van der Waals surface area contributed by atoms with Crippen molar-refractivity contribution in [1.82, 2.24) is 10.1 Å². The average Bonchev–Trinajstić information content (AvgIpc) is 3.08. The molecule has 1 aliphatic heterocycles. The molecule has 2 heterocycles.